The summed E-state index contributed by atoms with van der Waals surface area (Å²) in [4.78, 5) is 0. The van der Waals surface area contributed by atoms with Crippen LogP contribution in [0.1, 0.15) is 22.3 Å². The van der Waals surface area contributed by atoms with Crippen LogP contribution in [-0.4, -0.2) is 20.1 Å². The van der Waals surface area contributed by atoms with Gasteiger partial charge in [-0.2, -0.15) is 0 Å². The van der Waals surface area contributed by atoms with E-state index in [0.29, 0.717) is 0 Å². The van der Waals surface area contributed by atoms with Crippen molar-refractivity contribution in [3.63, 3.8) is 0 Å². The molecule has 0 radical (unpaired) electrons. The van der Waals surface area contributed by atoms with E-state index in [1.54, 1.807) is 0 Å². The number of halogens is 6. The Kier molecular flexibility index (Phi) is 6.86. The van der Waals surface area contributed by atoms with Crippen LogP contribution in [0.3, 0.4) is 0 Å². The second-order valence-electron chi connectivity index (χ2n) is 4.53. The molecule has 0 N–H and O–H groups in total. The molecule has 0 spiro atoms. The summed E-state index contributed by atoms with van der Waals surface area (Å²) in [6, 6.07) is 4.36. The fourth-order valence-corrected chi connectivity index (χ4v) is 2.79. The van der Waals surface area contributed by atoms with Crippen molar-refractivity contribution in [1.29, 1.82) is 0 Å². The lowest BCUT2D eigenvalue weighted by molar-refractivity contribution is 1.22. The summed E-state index contributed by atoms with van der Waals surface area (Å²) in [5.41, 5.74) is 5.13. The Bertz CT molecular complexity index is 419. The molecule has 1 aliphatic rings. The van der Waals surface area contributed by atoms with Gasteiger partial charge in [0.15, 0.2) is 0 Å². The highest BCUT2D eigenvalue weighted by Crippen LogP contribution is 2.50. The Morgan fingerprint density at radius 2 is 1.21 bits per heavy atom. The van der Waals surface area contributed by atoms with Gasteiger partial charge in [0.05, 0.1) is 17.0 Å². The van der Waals surface area contributed by atoms with Gasteiger partial charge in [-0.25, -0.2) is 0 Å². The number of aryl methyl sites for hydroxylation is 3. The SMILES string of the molecule is Cc1cc(C)c([C+]2C(Cl)C2Cl)c(C)c1.[Cl][Al-]([Cl])([Cl])[Cl]. The Labute approximate surface area is 143 Å². The van der Waals surface area contributed by atoms with Gasteiger partial charge in [0, 0.05) is 26.0 Å². The maximum atomic E-state index is 6.05. The topological polar surface area (TPSA) is 0 Å². The van der Waals surface area contributed by atoms with E-state index >= 15 is 0 Å². The zero-order valence-corrected chi connectivity index (χ0v) is 16.3. The van der Waals surface area contributed by atoms with Gasteiger partial charge in [-0.1, -0.05) is 23.2 Å². The van der Waals surface area contributed by atoms with Crippen molar-refractivity contribution in [2.75, 3.05) is 0 Å². The zero-order chi connectivity index (χ0) is 15.0. The summed E-state index contributed by atoms with van der Waals surface area (Å²) in [6.07, 6.45) is 0. The summed E-state index contributed by atoms with van der Waals surface area (Å²) in [7, 11) is 17.0. The van der Waals surface area contributed by atoms with Crippen LogP contribution in [0.2, 0.25) is 0 Å². The zero-order valence-electron chi connectivity index (χ0n) is 10.7. The molecule has 19 heavy (non-hydrogen) atoms. The lowest BCUT2D eigenvalue weighted by atomic mass is 9.96. The number of rotatable bonds is 1. The summed E-state index contributed by atoms with van der Waals surface area (Å²) in [5.74, 6) is 1.20. The van der Waals surface area contributed by atoms with Gasteiger partial charge >= 0.3 is 9.39 Å². The van der Waals surface area contributed by atoms with E-state index in [1.807, 2.05) is 0 Å². The van der Waals surface area contributed by atoms with Crippen molar-refractivity contribution in [1.82, 2.24) is 0 Å². The Balaban J connectivity index is 0.000000312. The average Bonchev–Trinajstić information content (AvgIpc) is 2.71. The molecule has 0 bridgehead atoms. The van der Waals surface area contributed by atoms with E-state index in [9.17, 15) is 0 Å². The average molecular weight is 397 g/mol. The number of alkyl halides is 2. The van der Waals surface area contributed by atoms with Gasteiger partial charge in [-0.15, -0.1) is 0 Å². The van der Waals surface area contributed by atoms with Crippen LogP contribution in [0.5, 0.6) is 0 Å². The minimum atomic E-state index is -2.94. The van der Waals surface area contributed by atoms with Gasteiger partial charge in [0.2, 0.25) is 0 Å². The van der Waals surface area contributed by atoms with Crippen LogP contribution in [0.15, 0.2) is 12.1 Å². The first-order chi connectivity index (χ1) is 8.52. The van der Waals surface area contributed by atoms with Crippen LogP contribution in [0.25, 0.3) is 0 Å². The Morgan fingerprint density at radius 1 is 0.895 bits per heavy atom. The standard InChI is InChI=1S/C12H13Cl2.Al.4ClH/c1-6-4-7(2)9(8(3)5-6)10-11(13)12(10)14;;;;;/h4-5,11-12H,1-3H3;;4*1H/q+1;+3;;;;/p-4. The predicted molar refractivity (Wildman–Crippen MR) is 91.4 cm³/mol. The lowest BCUT2D eigenvalue weighted by Gasteiger charge is -2.00. The summed E-state index contributed by atoms with van der Waals surface area (Å²) in [6.45, 7) is 6.35. The number of hydrogen-bond donors (Lipinski definition) is 0. The second kappa shape index (κ2) is 7.08. The van der Waals surface area contributed by atoms with Gasteiger partial charge in [-0.05, 0) is 12.5 Å². The van der Waals surface area contributed by atoms with Gasteiger partial charge in [0.25, 0.3) is 0 Å². The molecule has 0 saturated heterocycles. The molecule has 1 fully saturated rings. The van der Waals surface area contributed by atoms with Crippen LogP contribution in [-0.2, 0) is 0 Å². The van der Waals surface area contributed by atoms with E-state index < -0.39 is 9.39 Å². The monoisotopic (exact) mass is 394 g/mol. The molecule has 0 aromatic heterocycles. The van der Waals surface area contributed by atoms with Crippen LogP contribution in [0, 0.1) is 26.7 Å². The third-order valence-electron chi connectivity index (χ3n) is 2.71. The molecular formula is C12H13AlCl6. The minimum absolute atomic E-state index is 0.0387. The quantitative estimate of drug-likeness (QED) is 0.304. The molecular weight excluding hydrogens is 384 g/mol. The lowest BCUT2D eigenvalue weighted by Crippen LogP contribution is -1.95. The molecule has 1 aliphatic carbocycles. The molecule has 0 amide bonds. The van der Waals surface area contributed by atoms with Gasteiger partial charge in [-0.3, -0.25) is 0 Å². The summed E-state index contributed by atoms with van der Waals surface area (Å²) in [5, 5.41) is 0.0774. The van der Waals surface area contributed by atoms with Crippen LogP contribution in [0.4, 0.5) is 0 Å². The molecule has 2 unspecified atom stereocenters. The van der Waals surface area contributed by atoms with Crippen molar-refractivity contribution in [3.05, 3.63) is 40.3 Å². The first kappa shape index (κ1) is 18.4. The number of benzene rings is 1. The van der Waals surface area contributed by atoms with Crippen LogP contribution >= 0.6 is 63.4 Å². The first-order valence-electron chi connectivity index (χ1n) is 5.62. The Hall–Kier alpha value is 1.36. The minimum Gasteiger partial charge on any atom is -0.391 e. The van der Waals surface area contributed by atoms with Crippen molar-refractivity contribution in [2.24, 2.45) is 0 Å². The molecule has 1 aromatic carbocycles. The normalized spacial score (nSPS) is 21.8. The van der Waals surface area contributed by atoms with Crippen LogP contribution < -0.4 is 0 Å². The van der Waals surface area contributed by atoms with Gasteiger partial charge < -0.3 is 40.2 Å². The molecule has 0 aliphatic heterocycles. The summed E-state index contributed by atoms with van der Waals surface area (Å²) < 4.78 is 0. The molecule has 1 aromatic rings. The third-order valence-corrected chi connectivity index (χ3v) is 3.81. The molecule has 2 rings (SSSR count). The molecule has 0 heterocycles. The van der Waals surface area contributed by atoms with Crippen molar-refractivity contribution in [3.8, 4) is 0 Å². The maximum Gasteiger partial charge on any atom is 0.564 e. The molecule has 1 saturated carbocycles. The van der Waals surface area contributed by atoms with E-state index in [0.717, 1.165) is 0 Å². The van der Waals surface area contributed by atoms with E-state index in [4.69, 9.17) is 63.4 Å². The van der Waals surface area contributed by atoms with Crippen molar-refractivity contribution >= 4 is 72.8 Å². The number of hydrogen-bond acceptors (Lipinski definition) is 0. The first-order valence-corrected chi connectivity index (χ1v) is 13.5. The third kappa shape index (κ3) is 5.93. The highest BCUT2D eigenvalue weighted by atomic mass is 35.9. The maximum absolute atomic E-state index is 6.05. The molecule has 0 nitrogen and oxygen atoms in total. The largest absolute Gasteiger partial charge is 0.564 e. The highest BCUT2D eigenvalue weighted by Gasteiger charge is 2.57. The van der Waals surface area contributed by atoms with Crippen molar-refractivity contribution < 1.29 is 0 Å². The van der Waals surface area contributed by atoms with E-state index in [1.165, 1.54) is 28.2 Å². The Morgan fingerprint density at radius 3 is 1.47 bits per heavy atom. The summed E-state index contributed by atoms with van der Waals surface area (Å²) >= 11 is 12.1. The fourth-order valence-electron chi connectivity index (χ4n) is 2.11. The van der Waals surface area contributed by atoms with E-state index in [2.05, 4.69) is 32.9 Å². The molecule has 106 valence electrons. The van der Waals surface area contributed by atoms with Crippen molar-refractivity contribution in [2.45, 2.75) is 31.5 Å². The smallest absolute Gasteiger partial charge is 0.391 e. The molecule has 7 heteroatoms. The second-order valence-corrected chi connectivity index (χ2v) is 18.3. The predicted octanol–water partition coefficient (Wildman–Crippen LogP) is 6.14. The highest BCUT2D eigenvalue weighted by molar-refractivity contribution is 7.81. The molecule has 2 atom stereocenters. The van der Waals surface area contributed by atoms with E-state index in [-0.39, 0.29) is 10.8 Å². The fraction of sp³-hybridized carbons (Fsp3) is 0.417. The van der Waals surface area contributed by atoms with Gasteiger partial charge in [0.1, 0.15) is 16.3 Å².